The monoisotopic (exact) mass is 314 g/mol. The van der Waals surface area contributed by atoms with Crippen molar-refractivity contribution in [2.45, 2.75) is 13.3 Å². The average Bonchev–Trinajstić information content (AvgIpc) is 2.54. The SMILES string of the molecule is CNC(=O)c1cccc(CCNc2cc(C)c([N+](=O)[O-])cn2)c1. The Kier molecular flexibility index (Phi) is 5.24. The summed E-state index contributed by atoms with van der Waals surface area (Å²) < 4.78 is 0. The molecule has 1 aromatic carbocycles. The molecule has 23 heavy (non-hydrogen) atoms. The largest absolute Gasteiger partial charge is 0.370 e. The van der Waals surface area contributed by atoms with Crippen molar-refractivity contribution in [3.8, 4) is 0 Å². The maximum absolute atomic E-state index is 11.6. The first-order chi connectivity index (χ1) is 11.0. The van der Waals surface area contributed by atoms with Crippen molar-refractivity contribution in [1.29, 1.82) is 0 Å². The van der Waals surface area contributed by atoms with Gasteiger partial charge in [-0.05, 0) is 37.1 Å². The third-order valence-electron chi connectivity index (χ3n) is 3.42. The highest BCUT2D eigenvalue weighted by molar-refractivity contribution is 5.94. The molecule has 0 spiro atoms. The van der Waals surface area contributed by atoms with E-state index in [1.165, 1.54) is 6.20 Å². The number of hydrogen-bond donors (Lipinski definition) is 2. The van der Waals surface area contributed by atoms with Crippen LogP contribution in [-0.4, -0.2) is 29.4 Å². The highest BCUT2D eigenvalue weighted by Crippen LogP contribution is 2.18. The molecule has 1 heterocycles. The Hall–Kier alpha value is -2.96. The summed E-state index contributed by atoms with van der Waals surface area (Å²) in [7, 11) is 1.60. The molecule has 2 N–H and O–H groups in total. The minimum absolute atomic E-state index is 0.00818. The number of benzene rings is 1. The summed E-state index contributed by atoms with van der Waals surface area (Å²) in [5.74, 6) is 0.475. The second-order valence-electron chi connectivity index (χ2n) is 5.07. The van der Waals surface area contributed by atoms with Gasteiger partial charge in [0.25, 0.3) is 11.6 Å². The van der Waals surface area contributed by atoms with Crippen LogP contribution in [0.5, 0.6) is 0 Å². The first kappa shape index (κ1) is 16.4. The second-order valence-corrected chi connectivity index (χ2v) is 5.07. The van der Waals surface area contributed by atoms with Crippen LogP contribution in [0.2, 0.25) is 0 Å². The fourth-order valence-corrected chi connectivity index (χ4v) is 2.18. The molecule has 7 nitrogen and oxygen atoms in total. The molecule has 0 saturated carbocycles. The summed E-state index contributed by atoms with van der Waals surface area (Å²) in [5.41, 5.74) is 2.22. The molecule has 2 aromatic rings. The van der Waals surface area contributed by atoms with E-state index in [4.69, 9.17) is 0 Å². The van der Waals surface area contributed by atoms with E-state index < -0.39 is 4.92 Å². The predicted octanol–water partition coefficient (Wildman–Crippen LogP) is 2.31. The zero-order valence-electron chi connectivity index (χ0n) is 13.0. The summed E-state index contributed by atoms with van der Waals surface area (Å²) in [6, 6.07) is 9.04. The number of hydrogen-bond acceptors (Lipinski definition) is 5. The van der Waals surface area contributed by atoms with Crippen molar-refractivity contribution in [2.24, 2.45) is 0 Å². The van der Waals surface area contributed by atoms with Crippen molar-refractivity contribution in [2.75, 3.05) is 18.9 Å². The van der Waals surface area contributed by atoms with Gasteiger partial charge in [-0.2, -0.15) is 0 Å². The molecular formula is C16H18N4O3. The van der Waals surface area contributed by atoms with Crippen LogP contribution in [0, 0.1) is 17.0 Å². The number of aromatic nitrogens is 1. The van der Waals surface area contributed by atoms with Crippen LogP contribution in [0.15, 0.2) is 36.5 Å². The Morgan fingerprint density at radius 3 is 2.78 bits per heavy atom. The van der Waals surface area contributed by atoms with Gasteiger partial charge in [0.1, 0.15) is 12.0 Å². The van der Waals surface area contributed by atoms with Crippen LogP contribution in [0.4, 0.5) is 11.5 Å². The maximum Gasteiger partial charge on any atom is 0.290 e. The van der Waals surface area contributed by atoms with Gasteiger partial charge in [-0.1, -0.05) is 12.1 Å². The van der Waals surface area contributed by atoms with Gasteiger partial charge in [-0.3, -0.25) is 14.9 Å². The Morgan fingerprint density at radius 2 is 2.13 bits per heavy atom. The lowest BCUT2D eigenvalue weighted by atomic mass is 10.1. The molecule has 0 atom stereocenters. The van der Waals surface area contributed by atoms with E-state index in [1.54, 1.807) is 26.1 Å². The molecule has 1 aromatic heterocycles. The molecule has 0 aliphatic rings. The number of carbonyl (C=O) groups excluding carboxylic acids is 1. The standard InChI is InChI=1S/C16H18N4O3/c1-11-8-15(19-10-14(11)20(22)23)18-7-6-12-4-3-5-13(9-12)16(21)17-2/h3-5,8-10H,6-7H2,1-2H3,(H,17,21)(H,18,19). The second kappa shape index (κ2) is 7.35. The third-order valence-corrected chi connectivity index (χ3v) is 3.42. The van der Waals surface area contributed by atoms with Crippen LogP contribution >= 0.6 is 0 Å². The van der Waals surface area contributed by atoms with Crippen molar-refractivity contribution in [3.63, 3.8) is 0 Å². The lowest BCUT2D eigenvalue weighted by Gasteiger charge is -2.08. The highest BCUT2D eigenvalue weighted by Gasteiger charge is 2.11. The van der Waals surface area contributed by atoms with Gasteiger partial charge in [-0.25, -0.2) is 4.98 Å². The van der Waals surface area contributed by atoms with Crippen LogP contribution in [0.1, 0.15) is 21.5 Å². The molecule has 0 saturated heterocycles. The molecule has 1 amide bonds. The lowest BCUT2D eigenvalue weighted by Crippen LogP contribution is -2.18. The van der Waals surface area contributed by atoms with E-state index in [0.29, 0.717) is 29.9 Å². The number of amides is 1. The summed E-state index contributed by atoms with van der Waals surface area (Å²) in [6.45, 7) is 2.29. The molecule has 120 valence electrons. The van der Waals surface area contributed by atoms with Crippen LogP contribution in [0.25, 0.3) is 0 Å². The summed E-state index contributed by atoms with van der Waals surface area (Å²) in [4.78, 5) is 25.9. The topological polar surface area (TPSA) is 97.2 Å². The van der Waals surface area contributed by atoms with E-state index >= 15 is 0 Å². The molecule has 0 aliphatic heterocycles. The predicted molar refractivity (Wildman–Crippen MR) is 87.7 cm³/mol. The normalized spacial score (nSPS) is 10.2. The van der Waals surface area contributed by atoms with Gasteiger partial charge < -0.3 is 10.6 Å². The molecule has 0 unspecified atom stereocenters. The summed E-state index contributed by atoms with van der Waals surface area (Å²) >= 11 is 0. The smallest absolute Gasteiger partial charge is 0.290 e. The Morgan fingerprint density at radius 1 is 1.35 bits per heavy atom. The Balaban J connectivity index is 1.96. The summed E-state index contributed by atoms with van der Waals surface area (Å²) in [5, 5.41) is 16.5. The van der Waals surface area contributed by atoms with Crippen molar-refractivity contribution in [3.05, 3.63) is 63.3 Å². The van der Waals surface area contributed by atoms with Crippen LogP contribution in [-0.2, 0) is 6.42 Å². The van der Waals surface area contributed by atoms with Gasteiger partial charge in [0.2, 0.25) is 0 Å². The molecule has 2 rings (SSSR count). The fourth-order valence-electron chi connectivity index (χ4n) is 2.18. The van der Waals surface area contributed by atoms with Gasteiger partial charge >= 0.3 is 0 Å². The molecular weight excluding hydrogens is 296 g/mol. The zero-order valence-corrected chi connectivity index (χ0v) is 13.0. The van der Waals surface area contributed by atoms with E-state index in [2.05, 4.69) is 15.6 Å². The quantitative estimate of drug-likeness (QED) is 0.630. The molecule has 0 bridgehead atoms. The molecule has 0 fully saturated rings. The number of nitro groups is 1. The first-order valence-electron chi connectivity index (χ1n) is 7.17. The van der Waals surface area contributed by atoms with Gasteiger partial charge in [0.05, 0.1) is 4.92 Å². The Bertz CT molecular complexity index is 731. The van der Waals surface area contributed by atoms with Crippen molar-refractivity contribution < 1.29 is 9.72 Å². The Labute approximate surface area is 133 Å². The highest BCUT2D eigenvalue weighted by atomic mass is 16.6. The number of aryl methyl sites for hydroxylation is 1. The third kappa shape index (κ3) is 4.26. The number of carbonyl (C=O) groups is 1. The van der Waals surface area contributed by atoms with E-state index in [9.17, 15) is 14.9 Å². The van der Waals surface area contributed by atoms with Crippen LogP contribution < -0.4 is 10.6 Å². The minimum atomic E-state index is -0.448. The lowest BCUT2D eigenvalue weighted by molar-refractivity contribution is -0.385. The molecule has 0 aliphatic carbocycles. The van der Waals surface area contributed by atoms with E-state index in [-0.39, 0.29) is 11.6 Å². The fraction of sp³-hybridized carbons (Fsp3) is 0.250. The average molecular weight is 314 g/mol. The number of rotatable bonds is 6. The number of nitrogens with one attached hydrogen (secondary N) is 2. The van der Waals surface area contributed by atoms with Crippen molar-refractivity contribution >= 4 is 17.4 Å². The zero-order chi connectivity index (χ0) is 16.8. The maximum atomic E-state index is 11.6. The molecule has 7 heteroatoms. The number of pyridine rings is 1. The molecule has 0 radical (unpaired) electrons. The van der Waals surface area contributed by atoms with Crippen molar-refractivity contribution in [1.82, 2.24) is 10.3 Å². The summed E-state index contributed by atoms with van der Waals surface area (Å²) in [6.07, 6.45) is 1.96. The van der Waals surface area contributed by atoms with Gasteiger partial charge in [0, 0.05) is 24.7 Å². The minimum Gasteiger partial charge on any atom is -0.370 e. The number of nitrogens with zero attached hydrogens (tertiary/aromatic N) is 2. The van der Waals surface area contributed by atoms with Gasteiger partial charge in [0.15, 0.2) is 0 Å². The first-order valence-corrected chi connectivity index (χ1v) is 7.17. The number of anilines is 1. The van der Waals surface area contributed by atoms with E-state index in [0.717, 1.165) is 5.56 Å². The van der Waals surface area contributed by atoms with Crippen LogP contribution in [0.3, 0.4) is 0 Å². The van der Waals surface area contributed by atoms with Gasteiger partial charge in [-0.15, -0.1) is 0 Å². The van der Waals surface area contributed by atoms with E-state index in [1.807, 2.05) is 18.2 Å².